The highest BCUT2D eigenvalue weighted by atomic mass is 35.5. The fourth-order valence-corrected chi connectivity index (χ4v) is 2.84. The second-order valence-electron chi connectivity index (χ2n) is 3.59. The molecule has 94 valence electrons. The molecule has 0 aliphatic heterocycles. The summed E-state index contributed by atoms with van der Waals surface area (Å²) in [6, 6.07) is 5.25. The van der Waals surface area contributed by atoms with Gasteiger partial charge in [-0.25, -0.2) is 0 Å². The Balaban J connectivity index is 2.82. The van der Waals surface area contributed by atoms with Crippen molar-refractivity contribution < 1.29 is 0 Å². The molecule has 18 heavy (non-hydrogen) atoms. The van der Waals surface area contributed by atoms with E-state index in [2.05, 4.69) is 10.2 Å². The van der Waals surface area contributed by atoms with Crippen LogP contribution in [0.4, 0.5) is 0 Å². The maximum absolute atomic E-state index is 6.18. The molecule has 0 spiro atoms. The number of nitrogens with zero attached hydrogens (tertiary/aromatic N) is 2. The summed E-state index contributed by atoms with van der Waals surface area (Å²) in [5.74, 6) is 0. The summed E-state index contributed by atoms with van der Waals surface area (Å²) >= 11 is 24.5. The van der Waals surface area contributed by atoms with E-state index in [1.165, 1.54) is 0 Å². The van der Waals surface area contributed by atoms with Crippen molar-refractivity contribution in [2.45, 2.75) is 13.3 Å². The van der Waals surface area contributed by atoms with E-state index in [9.17, 15) is 0 Å². The van der Waals surface area contributed by atoms with Crippen LogP contribution in [-0.2, 0) is 6.42 Å². The SMILES string of the molecule is CCc1c(Cl)nnc(Cl)c1-c1c(Cl)cccc1Cl. The molecule has 0 bridgehead atoms. The van der Waals surface area contributed by atoms with Gasteiger partial charge in [-0.3, -0.25) is 0 Å². The second-order valence-corrected chi connectivity index (χ2v) is 5.12. The first-order chi connectivity index (χ1) is 8.56. The lowest BCUT2D eigenvalue weighted by Gasteiger charge is -2.13. The Kier molecular flexibility index (Phi) is 4.33. The Bertz CT molecular complexity index is 579. The minimum atomic E-state index is 0.242. The Morgan fingerprint density at radius 1 is 0.889 bits per heavy atom. The first-order valence-corrected chi connectivity index (χ1v) is 6.72. The lowest BCUT2D eigenvalue weighted by Crippen LogP contribution is -1.98. The van der Waals surface area contributed by atoms with Crippen LogP contribution >= 0.6 is 46.4 Å². The number of hydrogen-bond donors (Lipinski definition) is 0. The highest BCUT2D eigenvalue weighted by molar-refractivity contribution is 6.41. The molecule has 0 radical (unpaired) electrons. The molecule has 0 unspecified atom stereocenters. The van der Waals surface area contributed by atoms with Crippen LogP contribution in [0.15, 0.2) is 18.2 Å². The molecule has 2 aromatic rings. The average Bonchev–Trinajstić information content (AvgIpc) is 2.33. The van der Waals surface area contributed by atoms with Gasteiger partial charge in [0.1, 0.15) is 0 Å². The van der Waals surface area contributed by atoms with Crippen molar-refractivity contribution in [2.75, 3.05) is 0 Å². The van der Waals surface area contributed by atoms with E-state index in [-0.39, 0.29) is 5.15 Å². The molecule has 6 heteroatoms. The van der Waals surface area contributed by atoms with Gasteiger partial charge in [-0.2, -0.15) is 0 Å². The third-order valence-electron chi connectivity index (χ3n) is 2.55. The van der Waals surface area contributed by atoms with E-state index in [4.69, 9.17) is 46.4 Å². The molecule has 0 aliphatic rings. The minimum Gasteiger partial charge on any atom is -0.137 e. The van der Waals surface area contributed by atoms with E-state index in [0.29, 0.717) is 32.7 Å². The predicted molar refractivity (Wildman–Crippen MR) is 76.9 cm³/mol. The van der Waals surface area contributed by atoms with E-state index in [1.807, 2.05) is 6.92 Å². The normalized spacial score (nSPS) is 10.7. The molecule has 1 heterocycles. The maximum Gasteiger partial charge on any atom is 0.160 e. The topological polar surface area (TPSA) is 25.8 Å². The highest BCUT2D eigenvalue weighted by Crippen LogP contribution is 2.41. The summed E-state index contributed by atoms with van der Waals surface area (Å²) in [5.41, 5.74) is 2.07. The second kappa shape index (κ2) is 5.62. The summed E-state index contributed by atoms with van der Waals surface area (Å²) in [4.78, 5) is 0. The zero-order valence-corrected chi connectivity index (χ0v) is 12.4. The van der Waals surface area contributed by atoms with Crippen LogP contribution in [0.1, 0.15) is 12.5 Å². The predicted octanol–water partition coefficient (Wildman–Crippen LogP) is 5.32. The molecule has 2 nitrogen and oxygen atoms in total. The van der Waals surface area contributed by atoms with Gasteiger partial charge in [-0.1, -0.05) is 59.4 Å². The number of hydrogen-bond acceptors (Lipinski definition) is 2. The zero-order valence-electron chi connectivity index (χ0n) is 9.35. The van der Waals surface area contributed by atoms with Gasteiger partial charge in [-0.15, -0.1) is 10.2 Å². The lowest BCUT2D eigenvalue weighted by molar-refractivity contribution is 0.988. The Morgan fingerprint density at radius 2 is 1.44 bits per heavy atom. The fraction of sp³-hybridized carbons (Fsp3) is 0.167. The highest BCUT2D eigenvalue weighted by Gasteiger charge is 2.19. The van der Waals surface area contributed by atoms with Crippen LogP contribution in [0.2, 0.25) is 20.4 Å². The molecule has 1 aromatic carbocycles. The smallest absolute Gasteiger partial charge is 0.137 e. The first kappa shape index (κ1) is 13.9. The maximum atomic E-state index is 6.18. The van der Waals surface area contributed by atoms with Gasteiger partial charge < -0.3 is 0 Å². The fourth-order valence-electron chi connectivity index (χ4n) is 1.74. The summed E-state index contributed by atoms with van der Waals surface area (Å²) in [7, 11) is 0. The molecule has 1 aromatic heterocycles. The monoisotopic (exact) mass is 320 g/mol. The summed E-state index contributed by atoms with van der Waals surface area (Å²) < 4.78 is 0. The molecule has 0 N–H and O–H groups in total. The zero-order chi connectivity index (χ0) is 13.3. The lowest BCUT2D eigenvalue weighted by atomic mass is 10.0. The van der Waals surface area contributed by atoms with Crippen LogP contribution in [0.25, 0.3) is 11.1 Å². The molecule has 0 amide bonds. The Morgan fingerprint density at radius 3 is 2.00 bits per heavy atom. The quantitative estimate of drug-likeness (QED) is 0.748. The molecule has 0 saturated heterocycles. The van der Waals surface area contributed by atoms with Crippen LogP contribution in [-0.4, -0.2) is 10.2 Å². The van der Waals surface area contributed by atoms with E-state index >= 15 is 0 Å². The van der Waals surface area contributed by atoms with Crippen molar-refractivity contribution in [1.82, 2.24) is 10.2 Å². The average molecular weight is 322 g/mol. The van der Waals surface area contributed by atoms with Gasteiger partial charge in [0, 0.05) is 16.7 Å². The molecular formula is C12H8Cl4N2. The summed E-state index contributed by atoms with van der Waals surface area (Å²) in [6.07, 6.45) is 0.658. The van der Waals surface area contributed by atoms with Gasteiger partial charge >= 0.3 is 0 Å². The van der Waals surface area contributed by atoms with Gasteiger partial charge in [-0.05, 0) is 18.6 Å². The number of aromatic nitrogens is 2. The molecule has 0 aliphatic carbocycles. The Hall–Kier alpha value is -0.540. The standard InChI is InChI=1S/C12H8Cl4N2/c1-2-6-9(12(16)18-17-11(6)15)10-7(13)4-3-5-8(10)14/h3-5H,2H2,1H3. The number of halogens is 4. The van der Waals surface area contributed by atoms with Crippen molar-refractivity contribution in [3.63, 3.8) is 0 Å². The van der Waals surface area contributed by atoms with Crippen molar-refractivity contribution in [3.05, 3.63) is 44.1 Å². The molecule has 0 saturated carbocycles. The van der Waals surface area contributed by atoms with Gasteiger partial charge in [0.25, 0.3) is 0 Å². The number of rotatable bonds is 2. The van der Waals surface area contributed by atoms with Crippen molar-refractivity contribution in [2.24, 2.45) is 0 Å². The third kappa shape index (κ3) is 2.43. The van der Waals surface area contributed by atoms with Crippen LogP contribution in [0.3, 0.4) is 0 Å². The van der Waals surface area contributed by atoms with Crippen molar-refractivity contribution in [1.29, 1.82) is 0 Å². The minimum absolute atomic E-state index is 0.242. The molecular weight excluding hydrogens is 314 g/mol. The molecule has 2 rings (SSSR count). The molecule has 0 fully saturated rings. The van der Waals surface area contributed by atoms with Gasteiger partial charge in [0.05, 0.1) is 10.0 Å². The van der Waals surface area contributed by atoms with Gasteiger partial charge in [0.2, 0.25) is 0 Å². The van der Waals surface area contributed by atoms with Crippen molar-refractivity contribution in [3.8, 4) is 11.1 Å². The van der Waals surface area contributed by atoms with Crippen molar-refractivity contribution >= 4 is 46.4 Å². The van der Waals surface area contributed by atoms with Crippen LogP contribution in [0.5, 0.6) is 0 Å². The van der Waals surface area contributed by atoms with E-state index < -0.39 is 0 Å². The van der Waals surface area contributed by atoms with E-state index in [1.54, 1.807) is 18.2 Å². The number of benzene rings is 1. The molecule has 0 atom stereocenters. The Labute approximate surface area is 125 Å². The van der Waals surface area contributed by atoms with E-state index in [0.717, 1.165) is 5.56 Å². The summed E-state index contributed by atoms with van der Waals surface area (Å²) in [6.45, 7) is 1.95. The largest absolute Gasteiger partial charge is 0.160 e. The summed E-state index contributed by atoms with van der Waals surface area (Å²) in [5, 5.41) is 9.17. The van der Waals surface area contributed by atoms with Gasteiger partial charge in [0.15, 0.2) is 10.3 Å². The van der Waals surface area contributed by atoms with Crippen LogP contribution in [0, 0.1) is 0 Å². The van der Waals surface area contributed by atoms with Crippen LogP contribution < -0.4 is 0 Å². The third-order valence-corrected chi connectivity index (χ3v) is 3.75. The first-order valence-electron chi connectivity index (χ1n) is 5.21.